The van der Waals surface area contributed by atoms with Crippen molar-refractivity contribution in [1.82, 2.24) is 19.7 Å². The second-order valence-electron chi connectivity index (χ2n) is 6.23. The fraction of sp³-hybridized carbons (Fsp3) is 0.143. The highest BCUT2D eigenvalue weighted by Gasteiger charge is 2.06. The zero-order valence-corrected chi connectivity index (χ0v) is 15.6. The largest absolute Gasteiger partial charge is 0.484 e. The number of carbonyl (C=O) groups is 2. The van der Waals surface area contributed by atoms with Gasteiger partial charge in [-0.1, -0.05) is 18.2 Å². The molecule has 0 fully saturated rings. The second-order valence-corrected chi connectivity index (χ2v) is 6.23. The molecule has 0 N–H and O–H groups in total. The highest BCUT2D eigenvalue weighted by molar-refractivity contribution is 6.06. The van der Waals surface area contributed by atoms with Gasteiger partial charge in [-0.25, -0.2) is 9.67 Å². The number of benzene rings is 2. The summed E-state index contributed by atoms with van der Waals surface area (Å²) in [5.74, 6) is 0.300. The predicted molar refractivity (Wildman–Crippen MR) is 105 cm³/mol. The molecule has 3 aromatic rings. The molecule has 0 saturated heterocycles. The van der Waals surface area contributed by atoms with E-state index in [1.54, 1.807) is 55.4 Å². The normalized spacial score (nSPS) is 10.8. The Morgan fingerprint density at radius 1 is 1.07 bits per heavy atom. The fourth-order valence-corrected chi connectivity index (χ4v) is 2.34. The molecule has 0 aliphatic carbocycles. The number of amides is 1. The zero-order chi connectivity index (χ0) is 19.9. The first-order valence-electron chi connectivity index (χ1n) is 8.63. The molecular formula is C21H20N4O3. The third kappa shape index (κ3) is 4.91. The standard InChI is InChI=1S/C21H20N4O3/c1-24(2)21(27)13-28-19-10-6-17(7-11-19)20(26)12-5-16-3-8-18(9-4-16)25-15-22-14-23-25/h3-12,14-15H,13H2,1-2H3/b12-5+. The molecule has 28 heavy (non-hydrogen) atoms. The fourth-order valence-electron chi connectivity index (χ4n) is 2.34. The molecule has 2 aromatic carbocycles. The van der Waals surface area contributed by atoms with Crippen LogP contribution in [0.4, 0.5) is 0 Å². The lowest BCUT2D eigenvalue weighted by Crippen LogP contribution is -2.27. The molecule has 7 heteroatoms. The summed E-state index contributed by atoms with van der Waals surface area (Å²) in [6.45, 7) is -0.0369. The molecular weight excluding hydrogens is 356 g/mol. The Bertz CT molecular complexity index is 960. The van der Waals surface area contributed by atoms with Gasteiger partial charge >= 0.3 is 0 Å². The zero-order valence-electron chi connectivity index (χ0n) is 15.6. The van der Waals surface area contributed by atoms with Gasteiger partial charge in [0.1, 0.15) is 18.4 Å². The molecule has 0 radical (unpaired) electrons. The van der Waals surface area contributed by atoms with Crippen LogP contribution in [0.2, 0.25) is 0 Å². The molecule has 0 aliphatic heterocycles. The number of allylic oxidation sites excluding steroid dienone is 1. The number of nitrogens with zero attached hydrogens (tertiary/aromatic N) is 4. The summed E-state index contributed by atoms with van der Waals surface area (Å²) < 4.78 is 7.06. The van der Waals surface area contributed by atoms with Crippen LogP contribution in [0.5, 0.6) is 5.75 Å². The topological polar surface area (TPSA) is 77.3 Å². The summed E-state index contributed by atoms with van der Waals surface area (Å²) in [6, 6.07) is 14.3. The van der Waals surface area contributed by atoms with Gasteiger partial charge in [-0.05, 0) is 48.0 Å². The van der Waals surface area contributed by atoms with Gasteiger partial charge in [-0.15, -0.1) is 0 Å². The van der Waals surface area contributed by atoms with Crippen molar-refractivity contribution >= 4 is 17.8 Å². The maximum absolute atomic E-state index is 12.3. The van der Waals surface area contributed by atoms with Crippen LogP contribution in [0.15, 0.2) is 67.3 Å². The third-order valence-corrected chi connectivity index (χ3v) is 4.00. The first-order chi connectivity index (χ1) is 13.5. The Morgan fingerprint density at radius 2 is 1.79 bits per heavy atom. The van der Waals surface area contributed by atoms with Crippen molar-refractivity contribution in [2.24, 2.45) is 0 Å². The Balaban J connectivity index is 1.58. The van der Waals surface area contributed by atoms with Gasteiger partial charge in [-0.2, -0.15) is 5.10 Å². The van der Waals surface area contributed by atoms with Gasteiger partial charge in [0, 0.05) is 19.7 Å². The van der Waals surface area contributed by atoms with Crippen LogP contribution in [-0.2, 0) is 4.79 Å². The Kier molecular flexibility index (Phi) is 5.96. The van der Waals surface area contributed by atoms with Crippen LogP contribution in [0.3, 0.4) is 0 Å². The van der Waals surface area contributed by atoms with E-state index in [1.165, 1.54) is 17.3 Å². The van der Waals surface area contributed by atoms with E-state index in [0.717, 1.165) is 11.3 Å². The first kappa shape index (κ1) is 19.0. The quantitative estimate of drug-likeness (QED) is 0.468. The first-order valence-corrected chi connectivity index (χ1v) is 8.63. The third-order valence-electron chi connectivity index (χ3n) is 4.00. The lowest BCUT2D eigenvalue weighted by atomic mass is 10.1. The summed E-state index contributed by atoms with van der Waals surface area (Å²) >= 11 is 0. The molecule has 1 heterocycles. The van der Waals surface area contributed by atoms with E-state index in [4.69, 9.17) is 4.74 Å². The van der Waals surface area contributed by atoms with Crippen LogP contribution in [0.1, 0.15) is 15.9 Å². The molecule has 0 spiro atoms. The summed E-state index contributed by atoms with van der Waals surface area (Å²) in [5.41, 5.74) is 2.34. The van der Waals surface area contributed by atoms with E-state index in [1.807, 2.05) is 24.3 Å². The molecule has 0 bridgehead atoms. The van der Waals surface area contributed by atoms with Gasteiger partial charge in [0.25, 0.3) is 5.91 Å². The van der Waals surface area contributed by atoms with Crippen molar-refractivity contribution in [2.75, 3.05) is 20.7 Å². The van der Waals surface area contributed by atoms with Crippen molar-refractivity contribution < 1.29 is 14.3 Å². The molecule has 0 saturated carbocycles. The molecule has 1 aromatic heterocycles. The second kappa shape index (κ2) is 8.77. The van der Waals surface area contributed by atoms with E-state index in [-0.39, 0.29) is 18.3 Å². The molecule has 0 unspecified atom stereocenters. The Morgan fingerprint density at radius 3 is 2.39 bits per heavy atom. The molecule has 142 valence electrons. The molecule has 1 amide bonds. The summed E-state index contributed by atoms with van der Waals surface area (Å²) in [6.07, 6.45) is 6.38. The van der Waals surface area contributed by atoms with E-state index in [9.17, 15) is 9.59 Å². The minimum Gasteiger partial charge on any atom is -0.484 e. The molecule has 0 aliphatic rings. The molecule has 7 nitrogen and oxygen atoms in total. The van der Waals surface area contributed by atoms with Gasteiger partial charge in [0.2, 0.25) is 0 Å². The SMILES string of the molecule is CN(C)C(=O)COc1ccc(C(=O)/C=C/c2ccc(-n3cncn3)cc2)cc1. The highest BCUT2D eigenvalue weighted by atomic mass is 16.5. The smallest absolute Gasteiger partial charge is 0.259 e. The van der Waals surface area contributed by atoms with Gasteiger partial charge in [0.15, 0.2) is 12.4 Å². The number of carbonyl (C=O) groups excluding carboxylic acids is 2. The maximum atomic E-state index is 12.3. The molecule has 3 rings (SSSR count). The van der Waals surface area contributed by atoms with Crippen LogP contribution in [0.25, 0.3) is 11.8 Å². The lowest BCUT2D eigenvalue weighted by molar-refractivity contribution is -0.130. The minimum absolute atomic E-state index is 0.0369. The number of likely N-dealkylation sites (N-methyl/N-ethyl adjacent to an activating group) is 1. The van der Waals surface area contributed by atoms with Crippen LogP contribution in [-0.4, -0.2) is 52.1 Å². The van der Waals surface area contributed by atoms with Gasteiger partial charge in [-0.3, -0.25) is 9.59 Å². The van der Waals surface area contributed by atoms with Crippen molar-refractivity contribution in [1.29, 1.82) is 0 Å². The number of hydrogen-bond donors (Lipinski definition) is 0. The molecule has 0 atom stereocenters. The van der Waals surface area contributed by atoms with Crippen molar-refractivity contribution in [3.05, 3.63) is 78.4 Å². The van der Waals surface area contributed by atoms with Gasteiger partial charge in [0.05, 0.1) is 5.69 Å². The Labute approximate surface area is 162 Å². The average molecular weight is 376 g/mol. The van der Waals surface area contributed by atoms with Crippen LogP contribution in [0, 0.1) is 0 Å². The van der Waals surface area contributed by atoms with Crippen molar-refractivity contribution in [3.8, 4) is 11.4 Å². The lowest BCUT2D eigenvalue weighted by Gasteiger charge is -2.11. The Hall–Kier alpha value is -3.74. The van der Waals surface area contributed by atoms with Crippen LogP contribution < -0.4 is 4.74 Å². The van der Waals surface area contributed by atoms with E-state index < -0.39 is 0 Å². The predicted octanol–water partition coefficient (Wildman–Crippen LogP) is 2.63. The summed E-state index contributed by atoms with van der Waals surface area (Å²) in [5, 5.41) is 4.07. The average Bonchev–Trinajstić information content (AvgIpc) is 3.25. The number of ketones is 1. The number of rotatable bonds is 7. The highest BCUT2D eigenvalue weighted by Crippen LogP contribution is 2.14. The van der Waals surface area contributed by atoms with E-state index in [2.05, 4.69) is 10.1 Å². The van der Waals surface area contributed by atoms with Crippen LogP contribution >= 0.6 is 0 Å². The summed E-state index contributed by atoms with van der Waals surface area (Å²) in [4.78, 5) is 29.2. The number of ether oxygens (including phenoxy) is 1. The van der Waals surface area contributed by atoms with Crippen molar-refractivity contribution in [3.63, 3.8) is 0 Å². The van der Waals surface area contributed by atoms with Crippen molar-refractivity contribution in [2.45, 2.75) is 0 Å². The number of hydrogen-bond acceptors (Lipinski definition) is 5. The minimum atomic E-state index is -0.127. The summed E-state index contributed by atoms with van der Waals surface area (Å²) in [7, 11) is 3.34. The maximum Gasteiger partial charge on any atom is 0.259 e. The monoisotopic (exact) mass is 376 g/mol. The van der Waals surface area contributed by atoms with E-state index in [0.29, 0.717) is 11.3 Å². The number of aromatic nitrogens is 3. The van der Waals surface area contributed by atoms with E-state index >= 15 is 0 Å². The van der Waals surface area contributed by atoms with Gasteiger partial charge < -0.3 is 9.64 Å².